The molecule has 1 aliphatic heterocycles. The molecule has 0 spiro atoms. The molecular formula is C16H21NO4. The third-order valence-electron chi connectivity index (χ3n) is 3.71. The highest BCUT2D eigenvalue weighted by Crippen LogP contribution is 2.15. The van der Waals surface area contributed by atoms with E-state index in [1.807, 2.05) is 35.2 Å². The number of aryl methyl sites for hydroxylation is 1. The van der Waals surface area contributed by atoms with Crippen molar-refractivity contribution in [3.8, 4) is 0 Å². The van der Waals surface area contributed by atoms with Crippen LogP contribution >= 0.6 is 0 Å². The zero-order chi connectivity index (χ0) is 15.1. The summed E-state index contributed by atoms with van der Waals surface area (Å²) in [5.41, 5.74) is 1.17. The SMILES string of the molecule is O=C(O)COC1CCN(C(=O)CCc2ccccc2)CC1. The van der Waals surface area contributed by atoms with Crippen LogP contribution in [0.15, 0.2) is 30.3 Å². The van der Waals surface area contributed by atoms with Gasteiger partial charge in [-0.15, -0.1) is 0 Å². The van der Waals surface area contributed by atoms with Crippen molar-refractivity contribution < 1.29 is 19.4 Å². The molecule has 0 unspecified atom stereocenters. The Bertz CT molecular complexity index is 466. The molecule has 0 aromatic heterocycles. The summed E-state index contributed by atoms with van der Waals surface area (Å²) in [6.45, 7) is 1.04. The van der Waals surface area contributed by atoms with Gasteiger partial charge in [-0.05, 0) is 24.8 Å². The Hall–Kier alpha value is -1.88. The van der Waals surface area contributed by atoms with Crippen LogP contribution in [-0.2, 0) is 20.7 Å². The van der Waals surface area contributed by atoms with Gasteiger partial charge in [0.1, 0.15) is 6.61 Å². The maximum Gasteiger partial charge on any atom is 0.329 e. The molecule has 0 aliphatic carbocycles. The first-order valence-electron chi connectivity index (χ1n) is 7.30. The van der Waals surface area contributed by atoms with Crippen LogP contribution in [0.1, 0.15) is 24.8 Å². The van der Waals surface area contributed by atoms with E-state index in [9.17, 15) is 9.59 Å². The Kier molecular flexibility index (Phi) is 5.75. The molecule has 114 valence electrons. The van der Waals surface area contributed by atoms with Gasteiger partial charge in [0.2, 0.25) is 5.91 Å². The molecule has 0 saturated carbocycles. The fraction of sp³-hybridized carbons (Fsp3) is 0.500. The molecule has 1 amide bonds. The predicted octanol–water partition coefficient (Wildman–Crippen LogP) is 1.71. The van der Waals surface area contributed by atoms with Crippen LogP contribution in [0.2, 0.25) is 0 Å². The number of amides is 1. The highest BCUT2D eigenvalue weighted by Gasteiger charge is 2.23. The van der Waals surface area contributed by atoms with E-state index in [2.05, 4.69) is 0 Å². The van der Waals surface area contributed by atoms with Crippen LogP contribution in [0.25, 0.3) is 0 Å². The number of benzene rings is 1. The van der Waals surface area contributed by atoms with Crippen molar-refractivity contribution in [2.24, 2.45) is 0 Å². The molecular weight excluding hydrogens is 270 g/mol. The largest absolute Gasteiger partial charge is 0.480 e. The van der Waals surface area contributed by atoms with Crippen molar-refractivity contribution in [3.63, 3.8) is 0 Å². The van der Waals surface area contributed by atoms with Crippen LogP contribution in [0.5, 0.6) is 0 Å². The van der Waals surface area contributed by atoms with Gasteiger partial charge in [0.15, 0.2) is 0 Å². The van der Waals surface area contributed by atoms with E-state index >= 15 is 0 Å². The number of carbonyl (C=O) groups is 2. The Balaban J connectivity index is 1.69. The molecule has 1 N–H and O–H groups in total. The van der Waals surface area contributed by atoms with Crippen molar-refractivity contribution in [3.05, 3.63) is 35.9 Å². The highest BCUT2D eigenvalue weighted by atomic mass is 16.5. The van der Waals surface area contributed by atoms with Crippen LogP contribution in [-0.4, -0.2) is 47.7 Å². The van der Waals surface area contributed by atoms with Gasteiger partial charge in [-0.2, -0.15) is 0 Å². The van der Waals surface area contributed by atoms with Crippen molar-refractivity contribution in [1.29, 1.82) is 0 Å². The lowest BCUT2D eigenvalue weighted by Gasteiger charge is -2.31. The Labute approximate surface area is 124 Å². The molecule has 0 radical (unpaired) electrons. The Morgan fingerprint density at radius 3 is 2.48 bits per heavy atom. The fourth-order valence-corrected chi connectivity index (χ4v) is 2.52. The van der Waals surface area contributed by atoms with Crippen molar-refractivity contribution in [2.45, 2.75) is 31.8 Å². The Morgan fingerprint density at radius 2 is 1.86 bits per heavy atom. The summed E-state index contributed by atoms with van der Waals surface area (Å²) in [5.74, 6) is -0.785. The second kappa shape index (κ2) is 7.78. The summed E-state index contributed by atoms with van der Waals surface area (Å²) in [7, 11) is 0. The smallest absolute Gasteiger partial charge is 0.329 e. The summed E-state index contributed by atoms with van der Waals surface area (Å²) >= 11 is 0. The van der Waals surface area contributed by atoms with Crippen molar-refractivity contribution in [1.82, 2.24) is 4.90 Å². The molecule has 2 rings (SSSR count). The zero-order valence-corrected chi connectivity index (χ0v) is 12.0. The van der Waals surface area contributed by atoms with Gasteiger partial charge < -0.3 is 14.7 Å². The van der Waals surface area contributed by atoms with Crippen LogP contribution in [0.3, 0.4) is 0 Å². The van der Waals surface area contributed by atoms with E-state index in [4.69, 9.17) is 9.84 Å². The number of hydrogen-bond donors (Lipinski definition) is 1. The van der Waals surface area contributed by atoms with Crippen LogP contribution < -0.4 is 0 Å². The molecule has 1 aromatic rings. The van der Waals surface area contributed by atoms with E-state index in [-0.39, 0.29) is 18.6 Å². The lowest BCUT2D eigenvalue weighted by Crippen LogP contribution is -2.41. The third-order valence-corrected chi connectivity index (χ3v) is 3.71. The first-order valence-corrected chi connectivity index (χ1v) is 7.30. The second-order valence-corrected chi connectivity index (χ2v) is 5.27. The average Bonchev–Trinajstić information content (AvgIpc) is 2.52. The highest BCUT2D eigenvalue weighted by molar-refractivity contribution is 5.76. The van der Waals surface area contributed by atoms with Crippen molar-refractivity contribution >= 4 is 11.9 Å². The number of carboxylic acid groups (broad SMARTS) is 1. The fourth-order valence-electron chi connectivity index (χ4n) is 2.52. The number of likely N-dealkylation sites (tertiary alicyclic amines) is 1. The summed E-state index contributed by atoms with van der Waals surface area (Å²) in [6.07, 6.45) is 2.66. The molecule has 5 heteroatoms. The molecule has 1 saturated heterocycles. The normalized spacial score (nSPS) is 15.9. The summed E-state index contributed by atoms with van der Waals surface area (Å²) in [4.78, 5) is 24.4. The molecule has 1 aliphatic rings. The third kappa shape index (κ3) is 5.19. The number of ether oxygens (including phenoxy) is 1. The predicted molar refractivity (Wildman–Crippen MR) is 78.0 cm³/mol. The number of carboxylic acids is 1. The van der Waals surface area contributed by atoms with Gasteiger partial charge in [-0.25, -0.2) is 4.79 Å². The van der Waals surface area contributed by atoms with Gasteiger partial charge in [-0.1, -0.05) is 30.3 Å². The average molecular weight is 291 g/mol. The van der Waals surface area contributed by atoms with E-state index in [1.54, 1.807) is 0 Å². The summed E-state index contributed by atoms with van der Waals surface area (Å²) in [5, 5.41) is 8.57. The van der Waals surface area contributed by atoms with E-state index in [1.165, 1.54) is 5.56 Å². The number of hydrogen-bond acceptors (Lipinski definition) is 3. The van der Waals surface area contributed by atoms with Crippen LogP contribution in [0.4, 0.5) is 0 Å². The van der Waals surface area contributed by atoms with Gasteiger partial charge in [0.25, 0.3) is 0 Å². The maximum absolute atomic E-state index is 12.1. The van der Waals surface area contributed by atoms with Gasteiger partial charge in [0.05, 0.1) is 6.10 Å². The van der Waals surface area contributed by atoms with E-state index in [0.29, 0.717) is 32.4 Å². The number of piperidine rings is 1. The standard InChI is InChI=1S/C16H21NO4/c18-15(7-6-13-4-2-1-3-5-13)17-10-8-14(9-11-17)21-12-16(19)20/h1-5,14H,6-12H2,(H,19,20). The molecule has 1 aromatic carbocycles. The second-order valence-electron chi connectivity index (χ2n) is 5.27. The van der Waals surface area contributed by atoms with E-state index in [0.717, 1.165) is 6.42 Å². The first-order chi connectivity index (χ1) is 10.1. The van der Waals surface area contributed by atoms with Crippen LogP contribution in [0, 0.1) is 0 Å². The molecule has 0 bridgehead atoms. The van der Waals surface area contributed by atoms with E-state index < -0.39 is 5.97 Å². The monoisotopic (exact) mass is 291 g/mol. The number of rotatable bonds is 6. The lowest BCUT2D eigenvalue weighted by atomic mass is 10.1. The van der Waals surface area contributed by atoms with Crippen molar-refractivity contribution in [2.75, 3.05) is 19.7 Å². The minimum atomic E-state index is -0.948. The molecule has 0 atom stereocenters. The summed E-state index contributed by atoms with van der Waals surface area (Å²) in [6, 6.07) is 9.97. The number of carbonyl (C=O) groups excluding carboxylic acids is 1. The minimum Gasteiger partial charge on any atom is -0.480 e. The zero-order valence-electron chi connectivity index (χ0n) is 12.0. The topological polar surface area (TPSA) is 66.8 Å². The molecule has 1 heterocycles. The van der Waals surface area contributed by atoms with Gasteiger partial charge in [-0.3, -0.25) is 4.79 Å². The molecule has 5 nitrogen and oxygen atoms in total. The number of aliphatic carboxylic acids is 1. The molecule has 21 heavy (non-hydrogen) atoms. The van der Waals surface area contributed by atoms with Gasteiger partial charge in [0, 0.05) is 19.5 Å². The number of nitrogens with zero attached hydrogens (tertiary/aromatic N) is 1. The minimum absolute atomic E-state index is 0.0423. The molecule has 1 fully saturated rings. The Morgan fingerprint density at radius 1 is 1.19 bits per heavy atom. The first kappa shape index (κ1) is 15.5. The summed E-state index contributed by atoms with van der Waals surface area (Å²) < 4.78 is 5.26. The quantitative estimate of drug-likeness (QED) is 0.866. The maximum atomic E-state index is 12.1. The lowest BCUT2D eigenvalue weighted by molar-refractivity contribution is -0.146. The van der Waals surface area contributed by atoms with Gasteiger partial charge >= 0.3 is 5.97 Å².